The largest absolute Gasteiger partial charge is 0.478 e. The van der Waals surface area contributed by atoms with Crippen molar-refractivity contribution >= 4 is 17.6 Å². The van der Waals surface area contributed by atoms with Crippen LogP contribution in [0.4, 0.5) is 4.39 Å². The van der Waals surface area contributed by atoms with Crippen LogP contribution in [0.15, 0.2) is 60.3 Å². The molecule has 0 radical (unpaired) electrons. The average molecular weight is 378 g/mol. The van der Waals surface area contributed by atoms with Gasteiger partial charge in [0.15, 0.2) is 0 Å². The van der Waals surface area contributed by atoms with Crippen LogP contribution in [-0.2, 0) is 4.79 Å². The molecule has 2 aromatic heterocycles. The monoisotopic (exact) mass is 378 g/mol. The number of nitrogens with zero attached hydrogens (tertiary/aromatic N) is 2. The van der Waals surface area contributed by atoms with E-state index < -0.39 is 5.97 Å². The summed E-state index contributed by atoms with van der Waals surface area (Å²) in [7, 11) is 0. The van der Waals surface area contributed by atoms with Crippen molar-refractivity contribution in [3.63, 3.8) is 0 Å². The van der Waals surface area contributed by atoms with Gasteiger partial charge in [0.25, 0.3) is 0 Å². The number of aromatic nitrogens is 2. The predicted octanol–water partition coefficient (Wildman–Crippen LogP) is 5.70. The van der Waals surface area contributed by atoms with Gasteiger partial charge in [0.1, 0.15) is 5.82 Å². The van der Waals surface area contributed by atoms with Crippen LogP contribution in [0, 0.1) is 5.82 Å². The Kier molecular flexibility index (Phi) is 5.73. The Balaban J connectivity index is 2.26. The molecule has 0 aliphatic rings. The second-order valence-corrected chi connectivity index (χ2v) is 6.88. The van der Waals surface area contributed by atoms with Crippen molar-refractivity contribution in [3.05, 3.63) is 77.4 Å². The lowest BCUT2D eigenvalue weighted by Gasteiger charge is -2.16. The molecular formula is C23H23FN2O2. The fourth-order valence-corrected chi connectivity index (χ4v) is 3.21. The Morgan fingerprint density at radius 2 is 1.96 bits per heavy atom. The highest BCUT2D eigenvalue weighted by atomic mass is 19.1. The Morgan fingerprint density at radius 1 is 1.25 bits per heavy atom. The number of rotatable bonds is 6. The molecular weight excluding hydrogens is 355 g/mol. The molecule has 0 unspecified atom stereocenters. The lowest BCUT2D eigenvalue weighted by molar-refractivity contribution is -0.132. The molecule has 1 aromatic carbocycles. The summed E-state index contributed by atoms with van der Waals surface area (Å²) in [4.78, 5) is 11.3. The first kappa shape index (κ1) is 19.5. The molecule has 28 heavy (non-hydrogen) atoms. The maximum Gasteiger partial charge on any atom is 0.331 e. The van der Waals surface area contributed by atoms with Crippen LogP contribution in [0.5, 0.6) is 0 Å². The molecule has 0 bridgehead atoms. The summed E-state index contributed by atoms with van der Waals surface area (Å²) in [6.07, 6.45) is 7.59. The van der Waals surface area contributed by atoms with Gasteiger partial charge in [-0.2, -0.15) is 5.10 Å². The summed E-state index contributed by atoms with van der Waals surface area (Å²) in [5.74, 6) is -1.06. The summed E-state index contributed by atoms with van der Waals surface area (Å²) in [6.45, 7) is 5.94. The highest BCUT2D eigenvalue weighted by Gasteiger charge is 2.17. The number of hydrogen-bond acceptors (Lipinski definition) is 2. The molecule has 0 atom stereocenters. The van der Waals surface area contributed by atoms with E-state index in [1.807, 2.05) is 35.8 Å². The third-order valence-corrected chi connectivity index (χ3v) is 4.64. The number of fused-ring (bicyclic) bond motifs is 1. The molecule has 0 spiro atoms. The molecule has 0 aliphatic heterocycles. The smallest absolute Gasteiger partial charge is 0.331 e. The molecule has 4 nitrogen and oxygen atoms in total. The van der Waals surface area contributed by atoms with Crippen molar-refractivity contribution in [3.8, 4) is 11.1 Å². The van der Waals surface area contributed by atoms with Gasteiger partial charge in [-0.05, 0) is 42.2 Å². The summed E-state index contributed by atoms with van der Waals surface area (Å²) >= 11 is 0. The number of allylic oxidation sites excluding steroid dienone is 2. The summed E-state index contributed by atoms with van der Waals surface area (Å²) < 4.78 is 15.3. The Hall–Kier alpha value is -3.21. The number of hydrogen-bond donors (Lipinski definition) is 1. The zero-order chi connectivity index (χ0) is 20.3. The van der Waals surface area contributed by atoms with Crippen LogP contribution < -0.4 is 0 Å². The van der Waals surface area contributed by atoms with E-state index in [0.717, 1.165) is 27.9 Å². The van der Waals surface area contributed by atoms with Gasteiger partial charge in [-0.1, -0.05) is 51.1 Å². The minimum Gasteiger partial charge on any atom is -0.478 e. The van der Waals surface area contributed by atoms with Crippen molar-refractivity contribution in [2.45, 2.75) is 33.1 Å². The Labute approximate surface area is 163 Å². The van der Waals surface area contributed by atoms with Gasteiger partial charge in [0, 0.05) is 22.9 Å². The highest BCUT2D eigenvalue weighted by Crippen LogP contribution is 2.34. The molecule has 3 rings (SSSR count). The third kappa shape index (κ3) is 3.88. The number of carboxylic acids is 1. The topological polar surface area (TPSA) is 54.6 Å². The SMILES string of the molecule is CCC(=CC=Cc1c(C(C)C)nn2cccc2c1-c1ccc(F)cc1)C(=O)O. The van der Waals surface area contributed by atoms with Gasteiger partial charge in [0.2, 0.25) is 0 Å². The van der Waals surface area contributed by atoms with Crippen molar-refractivity contribution in [1.82, 2.24) is 9.61 Å². The zero-order valence-electron chi connectivity index (χ0n) is 16.2. The lowest BCUT2D eigenvalue weighted by Crippen LogP contribution is -2.05. The number of aliphatic carboxylic acids is 1. The Bertz CT molecular complexity index is 1060. The number of carbonyl (C=O) groups is 1. The van der Waals surface area contributed by atoms with Gasteiger partial charge < -0.3 is 5.11 Å². The number of carboxylic acid groups (broad SMARTS) is 1. The van der Waals surface area contributed by atoms with Crippen molar-refractivity contribution in [2.75, 3.05) is 0 Å². The fraction of sp³-hybridized carbons (Fsp3) is 0.217. The fourth-order valence-electron chi connectivity index (χ4n) is 3.21. The molecule has 5 heteroatoms. The molecule has 0 saturated heterocycles. The molecule has 0 saturated carbocycles. The van der Waals surface area contributed by atoms with Crippen LogP contribution in [0.25, 0.3) is 22.7 Å². The van der Waals surface area contributed by atoms with Gasteiger partial charge in [-0.3, -0.25) is 0 Å². The quantitative estimate of drug-likeness (QED) is 0.442. The van der Waals surface area contributed by atoms with E-state index in [0.29, 0.717) is 12.0 Å². The van der Waals surface area contributed by atoms with Crippen LogP contribution >= 0.6 is 0 Å². The first-order valence-corrected chi connectivity index (χ1v) is 9.30. The first-order chi connectivity index (χ1) is 13.4. The second-order valence-electron chi connectivity index (χ2n) is 6.88. The minimum atomic E-state index is -0.921. The second kappa shape index (κ2) is 8.21. The zero-order valence-corrected chi connectivity index (χ0v) is 16.2. The molecule has 2 heterocycles. The van der Waals surface area contributed by atoms with Gasteiger partial charge in [0.05, 0.1) is 11.2 Å². The molecule has 144 valence electrons. The minimum absolute atomic E-state index is 0.153. The number of halogens is 1. The molecule has 0 aliphatic carbocycles. The molecule has 3 aromatic rings. The van der Waals surface area contributed by atoms with Crippen molar-refractivity contribution in [1.29, 1.82) is 0 Å². The van der Waals surface area contributed by atoms with E-state index in [9.17, 15) is 14.3 Å². The van der Waals surface area contributed by atoms with E-state index in [1.54, 1.807) is 24.3 Å². The maximum absolute atomic E-state index is 13.5. The molecule has 0 fully saturated rings. The number of benzene rings is 1. The van der Waals surface area contributed by atoms with Gasteiger partial charge in [-0.25, -0.2) is 13.7 Å². The third-order valence-electron chi connectivity index (χ3n) is 4.64. The van der Waals surface area contributed by atoms with E-state index in [-0.39, 0.29) is 11.7 Å². The summed E-state index contributed by atoms with van der Waals surface area (Å²) in [5, 5.41) is 14.0. The summed E-state index contributed by atoms with van der Waals surface area (Å²) in [6, 6.07) is 10.3. The van der Waals surface area contributed by atoms with Crippen LogP contribution in [0.1, 0.15) is 44.4 Å². The summed E-state index contributed by atoms with van der Waals surface area (Å²) in [5.41, 5.74) is 4.87. The van der Waals surface area contributed by atoms with Crippen LogP contribution in [0.2, 0.25) is 0 Å². The molecule has 1 N–H and O–H groups in total. The van der Waals surface area contributed by atoms with Crippen LogP contribution in [-0.4, -0.2) is 20.7 Å². The van der Waals surface area contributed by atoms with Gasteiger partial charge in [-0.15, -0.1) is 0 Å². The first-order valence-electron chi connectivity index (χ1n) is 9.30. The van der Waals surface area contributed by atoms with E-state index in [1.165, 1.54) is 12.1 Å². The van der Waals surface area contributed by atoms with Crippen LogP contribution in [0.3, 0.4) is 0 Å². The van der Waals surface area contributed by atoms with Crippen molar-refractivity contribution < 1.29 is 14.3 Å². The van der Waals surface area contributed by atoms with E-state index in [2.05, 4.69) is 13.8 Å². The van der Waals surface area contributed by atoms with Gasteiger partial charge >= 0.3 is 5.97 Å². The lowest BCUT2D eigenvalue weighted by atomic mass is 9.94. The van der Waals surface area contributed by atoms with E-state index >= 15 is 0 Å². The highest BCUT2D eigenvalue weighted by molar-refractivity contribution is 5.90. The van der Waals surface area contributed by atoms with E-state index in [4.69, 9.17) is 5.10 Å². The standard InChI is InChI=1S/C23H23FN2O2/c1-4-16(23(27)28)7-5-8-19-21(17-10-12-18(24)13-11-17)20-9-6-14-26(20)25-22(19)15(2)3/h5-15H,4H2,1-3H3,(H,27,28). The van der Waals surface area contributed by atoms with Crippen molar-refractivity contribution in [2.24, 2.45) is 0 Å². The predicted molar refractivity (Wildman–Crippen MR) is 110 cm³/mol. The Morgan fingerprint density at radius 3 is 2.57 bits per heavy atom. The average Bonchev–Trinajstić information content (AvgIpc) is 3.13. The molecule has 0 amide bonds. The maximum atomic E-state index is 13.5. The normalized spacial score (nSPS) is 12.4.